The Hall–Kier alpha value is -5.12. The minimum Gasteiger partial charge on any atom is -0.489 e. The van der Waals surface area contributed by atoms with Crippen molar-refractivity contribution in [2.45, 2.75) is 26.4 Å². The Kier molecular flexibility index (Phi) is 8.35. The van der Waals surface area contributed by atoms with Gasteiger partial charge in [-0.1, -0.05) is 60.7 Å². The van der Waals surface area contributed by atoms with Crippen LogP contribution in [-0.2, 0) is 13.2 Å². The molecular formula is C28H24N2O8. The van der Waals surface area contributed by atoms with E-state index in [1.165, 1.54) is 31.2 Å². The van der Waals surface area contributed by atoms with Gasteiger partial charge in [0.15, 0.2) is 0 Å². The molecule has 4 aromatic carbocycles. The van der Waals surface area contributed by atoms with Crippen LogP contribution in [0.4, 0.5) is 11.4 Å². The topological polar surface area (TPSA) is 123 Å². The van der Waals surface area contributed by atoms with E-state index in [1.807, 2.05) is 60.7 Å². The van der Waals surface area contributed by atoms with Crippen LogP contribution in [0.15, 0.2) is 97.1 Å². The standard InChI is InChI=1S/C28H24N2O8/c1-20(37-27-14-12-23(16-25(27)29(31)32)35-18-21-8-4-2-5-9-21)38-28-15-13-24(17-26(28)30(33)34)36-19-22-10-6-3-7-11-22/h2-17,20H,18-19H2,1H3. The molecule has 0 atom stereocenters. The molecule has 38 heavy (non-hydrogen) atoms. The molecule has 0 bridgehead atoms. The third-order valence-corrected chi connectivity index (χ3v) is 5.34. The van der Waals surface area contributed by atoms with E-state index in [1.54, 1.807) is 12.1 Å². The van der Waals surface area contributed by atoms with E-state index in [0.29, 0.717) is 11.5 Å². The van der Waals surface area contributed by atoms with E-state index in [4.69, 9.17) is 18.9 Å². The molecule has 0 N–H and O–H groups in total. The van der Waals surface area contributed by atoms with Gasteiger partial charge in [-0.25, -0.2) is 0 Å². The molecule has 194 valence electrons. The summed E-state index contributed by atoms with van der Waals surface area (Å²) in [5.41, 5.74) is 1.17. The number of hydrogen-bond acceptors (Lipinski definition) is 8. The fourth-order valence-corrected chi connectivity index (χ4v) is 3.52. The third-order valence-electron chi connectivity index (χ3n) is 5.34. The van der Waals surface area contributed by atoms with Gasteiger partial charge in [-0.2, -0.15) is 0 Å². The monoisotopic (exact) mass is 516 g/mol. The lowest BCUT2D eigenvalue weighted by Gasteiger charge is -2.17. The van der Waals surface area contributed by atoms with E-state index in [9.17, 15) is 20.2 Å². The minimum atomic E-state index is -1.08. The lowest BCUT2D eigenvalue weighted by molar-refractivity contribution is -0.387. The quantitative estimate of drug-likeness (QED) is 0.119. The van der Waals surface area contributed by atoms with E-state index in [2.05, 4.69) is 0 Å². The first-order chi connectivity index (χ1) is 18.4. The molecule has 10 nitrogen and oxygen atoms in total. The van der Waals surface area contributed by atoms with Crippen molar-refractivity contribution in [1.29, 1.82) is 0 Å². The molecule has 10 heteroatoms. The maximum absolute atomic E-state index is 11.7. The number of ether oxygens (including phenoxy) is 4. The molecule has 4 rings (SSSR count). The van der Waals surface area contributed by atoms with Gasteiger partial charge in [-0.3, -0.25) is 20.2 Å². The first-order valence-electron chi connectivity index (χ1n) is 11.6. The summed E-state index contributed by atoms with van der Waals surface area (Å²) < 4.78 is 22.6. The molecular weight excluding hydrogens is 492 g/mol. The van der Waals surface area contributed by atoms with E-state index in [0.717, 1.165) is 11.1 Å². The highest BCUT2D eigenvalue weighted by Crippen LogP contribution is 2.35. The second-order valence-corrected chi connectivity index (χ2v) is 8.13. The first kappa shape index (κ1) is 26.0. The molecule has 4 aromatic rings. The predicted octanol–water partition coefficient (Wildman–Crippen LogP) is 6.46. The molecule has 0 amide bonds. The van der Waals surface area contributed by atoms with E-state index in [-0.39, 0.29) is 36.1 Å². The van der Waals surface area contributed by atoms with Crippen molar-refractivity contribution in [1.82, 2.24) is 0 Å². The number of nitro groups is 2. The normalized spacial score (nSPS) is 10.6. The van der Waals surface area contributed by atoms with Crippen LogP contribution in [0, 0.1) is 20.2 Å². The second-order valence-electron chi connectivity index (χ2n) is 8.13. The molecule has 0 aliphatic carbocycles. The maximum atomic E-state index is 11.7. The van der Waals surface area contributed by atoms with Gasteiger partial charge in [0.2, 0.25) is 17.8 Å². The van der Waals surface area contributed by atoms with Gasteiger partial charge in [0.05, 0.1) is 22.0 Å². The molecule has 0 unspecified atom stereocenters. The Balaban J connectivity index is 1.43. The molecule has 0 aliphatic rings. The zero-order valence-electron chi connectivity index (χ0n) is 20.4. The van der Waals surface area contributed by atoms with Crippen molar-refractivity contribution in [2.24, 2.45) is 0 Å². The number of nitrogens with zero attached hydrogens (tertiary/aromatic N) is 2. The molecule has 0 saturated heterocycles. The van der Waals surface area contributed by atoms with E-state index < -0.39 is 16.1 Å². The summed E-state index contributed by atoms with van der Waals surface area (Å²) >= 11 is 0. The summed E-state index contributed by atoms with van der Waals surface area (Å²) in [5, 5.41) is 23.3. The molecule has 0 heterocycles. The number of benzene rings is 4. The van der Waals surface area contributed by atoms with Crippen LogP contribution in [-0.4, -0.2) is 16.1 Å². The van der Waals surface area contributed by atoms with Gasteiger partial charge in [0.25, 0.3) is 0 Å². The number of rotatable bonds is 12. The molecule has 0 radical (unpaired) electrons. The molecule has 0 fully saturated rings. The van der Waals surface area contributed by atoms with Crippen LogP contribution >= 0.6 is 0 Å². The highest BCUT2D eigenvalue weighted by molar-refractivity contribution is 5.52. The van der Waals surface area contributed by atoms with Gasteiger partial charge in [-0.05, 0) is 35.4 Å². The largest absolute Gasteiger partial charge is 0.489 e. The van der Waals surface area contributed by atoms with Gasteiger partial charge >= 0.3 is 11.4 Å². The lowest BCUT2D eigenvalue weighted by Crippen LogP contribution is -2.20. The first-order valence-corrected chi connectivity index (χ1v) is 11.6. The van der Waals surface area contributed by atoms with Gasteiger partial charge in [-0.15, -0.1) is 0 Å². The SMILES string of the molecule is CC(Oc1ccc(OCc2ccccc2)cc1[N+](=O)[O-])Oc1ccc(OCc2ccccc2)cc1[N+](=O)[O-]. The minimum absolute atomic E-state index is 0.0694. The Bertz CT molecular complexity index is 1290. The Morgan fingerprint density at radius 2 is 1.03 bits per heavy atom. The average molecular weight is 517 g/mol. The van der Waals surface area contributed by atoms with Crippen LogP contribution in [0.25, 0.3) is 0 Å². The third kappa shape index (κ3) is 6.97. The lowest BCUT2D eigenvalue weighted by atomic mass is 10.2. The highest BCUT2D eigenvalue weighted by Gasteiger charge is 2.23. The second kappa shape index (κ2) is 12.2. The van der Waals surface area contributed by atoms with Crippen LogP contribution in [0.5, 0.6) is 23.0 Å². The van der Waals surface area contributed by atoms with Gasteiger partial charge < -0.3 is 18.9 Å². The van der Waals surface area contributed by atoms with Crippen molar-refractivity contribution < 1.29 is 28.8 Å². The van der Waals surface area contributed by atoms with Crippen molar-refractivity contribution in [3.8, 4) is 23.0 Å². The zero-order valence-corrected chi connectivity index (χ0v) is 20.4. The number of nitro benzene ring substituents is 2. The molecule has 0 spiro atoms. The summed E-state index contributed by atoms with van der Waals surface area (Å²) in [4.78, 5) is 22.1. The Morgan fingerprint density at radius 3 is 1.39 bits per heavy atom. The van der Waals surface area contributed by atoms with Gasteiger partial charge in [0, 0.05) is 6.92 Å². The summed E-state index contributed by atoms with van der Waals surface area (Å²) in [6, 6.07) is 27.2. The smallest absolute Gasteiger partial charge is 0.314 e. The summed E-state index contributed by atoms with van der Waals surface area (Å²) in [6.07, 6.45) is -1.08. The van der Waals surface area contributed by atoms with Gasteiger partial charge in [0.1, 0.15) is 24.7 Å². The average Bonchev–Trinajstić information content (AvgIpc) is 2.92. The van der Waals surface area contributed by atoms with Crippen LogP contribution in [0.1, 0.15) is 18.1 Å². The molecule has 0 saturated carbocycles. The summed E-state index contributed by atoms with van der Waals surface area (Å²) in [5.74, 6) is 0.450. The zero-order chi connectivity index (χ0) is 26.9. The van der Waals surface area contributed by atoms with Crippen molar-refractivity contribution in [3.63, 3.8) is 0 Å². The molecule has 0 aliphatic heterocycles. The van der Waals surface area contributed by atoms with E-state index >= 15 is 0 Å². The fraction of sp³-hybridized carbons (Fsp3) is 0.143. The molecule has 0 aromatic heterocycles. The fourth-order valence-electron chi connectivity index (χ4n) is 3.52. The summed E-state index contributed by atoms with van der Waals surface area (Å²) in [6.45, 7) is 1.96. The van der Waals surface area contributed by atoms with Crippen LogP contribution in [0.3, 0.4) is 0 Å². The highest BCUT2D eigenvalue weighted by atomic mass is 16.7. The van der Waals surface area contributed by atoms with Crippen LogP contribution in [0.2, 0.25) is 0 Å². The predicted molar refractivity (Wildman–Crippen MR) is 138 cm³/mol. The Labute approximate surface area is 218 Å². The number of hydrogen-bond donors (Lipinski definition) is 0. The van der Waals surface area contributed by atoms with Crippen molar-refractivity contribution in [2.75, 3.05) is 0 Å². The van der Waals surface area contributed by atoms with Crippen molar-refractivity contribution >= 4 is 11.4 Å². The van der Waals surface area contributed by atoms with Crippen molar-refractivity contribution in [3.05, 3.63) is 128 Å². The summed E-state index contributed by atoms with van der Waals surface area (Å²) in [7, 11) is 0. The maximum Gasteiger partial charge on any atom is 0.314 e. The van der Waals surface area contributed by atoms with Crippen LogP contribution < -0.4 is 18.9 Å². The Morgan fingerprint density at radius 1 is 0.632 bits per heavy atom.